The maximum atomic E-state index is 5.85. The lowest BCUT2D eigenvalue weighted by atomic mass is 10.1. The van der Waals surface area contributed by atoms with E-state index >= 15 is 0 Å². The molecule has 0 radical (unpaired) electrons. The first-order chi connectivity index (χ1) is 8.52. The van der Waals surface area contributed by atoms with Gasteiger partial charge in [-0.3, -0.25) is 0 Å². The zero-order chi connectivity index (χ0) is 13.7. The second-order valence-corrected chi connectivity index (χ2v) is 4.90. The lowest BCUT2D eigenvalue weighted by Crippen LogP contribution is -2.30. The van der Waals surface area contributed by atoms with E-state index in [1.54, 1.807) is 0 Å². The molecule has 2 N–H and O–H groups in total. The topological polar surface area (TPSA) is 55.0 Å². The van der Waals surface area contributed by atoms with E-state index in [-0.39, 0.29) is 0 Å². The molecular weight excluding hydrogens is 244 g/mol. The highest BCUT2D eigenvalue weighted by Crippen LogP contribution is 2.22. The van der Waals surface area contributed by atoms with E-state index < -0.39 is 0 Å². The van der Waals surface area contributed by atoms with Gasteiger partial charge in [0.2, 0.25) is 0 Å². The van der Waals surface area contributed by atoms with Crippen LogP contribution < -0.4 is 10.6 Å². The van der Waals surface area contributed by atoms with E-state index in [2.05, 4.69) is 28.9 Å². The van der Waals surface area contributed by atoms with Crippen molar-refractivity contribution >= 4 is 23.0 Å². The molecule has 0 atom stereocenters. The fourth-order valence-electron chi connectivity index (χ4n) is 1.98. The molecule has 0 aliphatic heterocycles. The summed E-state index contributed by atoms with van der Waals surface area (Å²) in [6.07, 6.45) is 2.12. The fraction of sp³-hybridized carbons (Fsp3) is 0.615. The Morgan fingerprint density at radius 2 is 1.72 bits per heavy atom. The van der Waals surface area contributed by atoms with Crippen LogP contribution in [-0.2, 0) is 0 Å². The second kappa shape index (κ2) is 6.64. The summed E-state index contributed by atoms with van der Waals surface area (Å²) in [5, 5.41) is 8.51. The molecule has 4 nitrogen and oxygen atoms in total. The van der Waals surface area contributed by atoms with E-state index in [0.717, 1.165) is 48.6 Å². The molecule has 0 saturated heterocycles. The van der Waals surface area contributed by atoms with Crippen LogP contribution in [0.4, 0.5) is 5.82 Å². The van der Waals surface area contributed by atoms with Crippen LogP contribution in [0.5, 0.6) is 0 Å². The molecule has 0 fully saturated rings. The van der Waals surface area contributed by atoms with Crippen molar-refractivity contribution in [1.29, 1.82) is 0 Å². The number of anilines is 1. The zero-order valence-electron chi connectivity index (χ0n) is 11.7. The van der Waals surface area contributed by atoms with Gasteiger partial charge >= 0.3 is 0 Å². The van der Waals surface area contributed by atoms with Gasteiger partial charge in [-0.05, 0) is 32.3 Å². The smallest absolute Gasteiger partial charge is 0.161 e. The zero-order valence-corrected chi connectivity index (χ0v) is 12.5. The number of hydrogen-bond donors (Lipinski definition) is 1. The maximum Gasteiger partial charge on any atom is 0.161 e. The average molecular weight is 266 g/mol. The lowest BCUT2D eigenvalue weighted by Gasteiger charge is -2.25. The number of nitrogens with two attached hydrogens (primary N) is 1. The third-order valence-corrected chi connectivity index (χ3v) is 3.17. The highest BCUT2D eigenvalue weighted by molar-refractivity contribution is 7.80. The molecule has 0 unspecified atom stereocenters. The van der Waals surface area contributed by atoms with E-state index in [0.29, 0.717) is 4.99 Å². The van der Waals surface area contributed by atoms with Crippen molar-refractivity contribution < 1.29 is 0 Å². The van der Waals surface area contributed by atoms with Gasteiger partial charge in [0.15, 0.2) is 5.82 Å². The summed E-state index contributed by atoms with van der Waals surface area (Å²) >= 11 is 5.17. The minimum Gasteiger partial charge on any atom is -0.389 e. The van der Waals surface area contributed by atoms with Gasteiger partial charge in [0.05, 0.1) is 11.3 Å². The first-order valence-electron chi connectivity index (χ1n) is 6.41. The van der Waals surface area contributed by atoms with Crippen LogP contribution in [0.15, 0.2) is 0 Å². The first-order valence-corrected chi connectivity index (χ1v) is 6.82. The third kappa shape index (κ3) is 3.16. The number of thiocarbonyl (C=S) groups is 1. The van der Waals surface area contributed by atoms with Crippen LogP contribution in [0.25, 0.3) is 0 Å². The maximum absolute atomic E-state index is 5.85. The minimum absolute atomic E-state index is 0.401. The summed E-state index contributed by atoms with van der Waals surface area (Å²) in [5.74, 6) is 0.828. The second-order valence-electron chi connectivity index (χ2n) is 4.46. The normalized spacial score (nSPS) is 10.4. The molecule has 100 valence electrons. The highest BCUT2D eigenvalue weighted by Gasteiger charge is 2.18. The van der Waals surface area contributed by atoms with Gasteiger partial charge in [-0.25, -0.2) is 0 Å². The number of hydrogen-bond acceptors (Lipinski definition) is 4. The quantitative estimate of drug-likeness (QED) is 0.801. The number of nitrogens with zero attached hydrogens (tertiary/aromatic N) is 3. The molecule has 0 saturated carbocycles. The Bertz CT molecular complexity index is 425. The molecule has 1 rings (SSSR count). The SMILES string of the molecule is CCCN(CCC)c1nnc(C)c(C)c1C(N)=S. The van der Waals surface area contributed by atoms with Crippen LogP contribution in [0, 0.1) is 13.8 Å². The summed E-state index contributed by atoms with van der Waals surface area (Å²) < 4.78 is 0. The van der Waals surface area contributed by atoms with E-state index in [4.69, 9.17) is 18.0 Å². The molecule has 0 bridgehead atoms. The standard InChI is InChI=1S/C13H22N4S/c1-5-7-17(8-6-2)13-11(12(14)18)9(3)10(4)15-16-13/h5-8H2,1-4H3,(H2,14,18). The van der Waals surface area contributed by atoms with Crippen molar-refractivity contribution in [3.63, 3.8) is 0 Å². The van der Waals surface area contributed by atoms with Crippen molar-refractivity contribution in [2.24, 2.45) is 5.73 Å². The first kappa shape index (κ1) is 14.8. The Morgan fingerprint density at radius 3 is 2.17 bits per heavy atom. The lowest BCUT2D eigenvalue weighted by molar-refractivity contribution is 0.722. The Morgan fingerprint density at radius 1 is 1.17 bits per heavy atom. The van der Waals surface area contributed by atoms with Crippen molar-refractivity contribution in [3.05, 3.63) is 16.8 Å². The van der Waals surface area contributed by atoms with E-state index in [1.807, 2.05) is 13.8 Å². The van der Waals surface area contributed by atoms with Gasteiger partial charge in [-0.15, -0.1) is 5.10 Å². The molecule has 0 aromatic carbocycles. The summed E-state index contributed by atoms with van der Waals surface area (Å²) in [5.41, 5.74) is 8.64. The third-order valence-electron chi connectivity index (χ3n) is 2.97. The molecule has 0 aliphatic rings. The monoisotopic (exact) mass is 266 g/mol. The van der Waals surface area contributed by atoms with Crippen molar-refractivity contribution in [2.45, 2.75) is 40.5 Å². The van der Waals surface area contributed by atoms with E-state index in [1.165, 1.54) is 0 Å². The highest BCUT2D eigenvalue weighted by atomic mass is 32.1. The average Bonchev–Trinajstić information content (AvgIpc) is 2.31. The van der Waals surface area contributed by atoms with Crippen LogP contribution in [0.2, 0.25) is 0 Å². The number of rotatable bonds is 6. The van der Waals surface area contributed by atoms with Crippen LogP contribution in [0.1, 0.15) is 43.5 Å². The Kier molecular flexibility index (Phi) is 5.47. The molecule has 0 spiro atoms. The molecule has 5 heteroatoms. The summed E-state index contributed by atoms with van der Waals surface area (Å²) in [4.78, 5) is 2.62. The van der Waals surface area contributed by atoms with Gasteiger partial charge in [0.25, 0.3) is 0 Å². The van der Waals surface area contributed by atoms with E-state index in [9.17, 15) is 0 Å². The molecule has 0 amide bonds. The van der Waals surface area contributed by atoms with Crippen LogP contribution in [-0.4, -0.2) is 28.3 Å². The summed E-state index contributed by atoms with van der Waals surface area (Å²) in [6, 6.07) is 0. The van der Waals surface area contributed by atoms with Gasteiger partial charge < -0.3 is 10.6 Å². The van der Waals surface area contributed by atoms with Gasteiger partial charge in [0.1, 0.15) is 4.99 Å². The molecule has 0 aliphatic carbocycles. The Balaban J connectivity index is 3.28. The van der Waals surface area contributed by atoms with Crippen molar-refractivity contribution in [1.82, 2.24) is 10.2 Å². The predicted octanol–water partition coefficient (Wildman–Crippen LogP) is 2.35. The Labute approximate surface area is 115 Å². The largest absolute Gasteiger partial charge is 0.389 e. The molecule has 1 aromatic heterocycles. The van der Waals surface area contributed by atoms with Crippen molar-refractivity contribution in [3.8, 4) is 0 Å². The van der Waals surface area contributed by atoms with Gasteiger partial charge in [0, 0.05) is 13.1 Å². The predicted molar refractivity (Wildman–Crippen MR) is 80.2 cm³/mol. The number of aryl methyl sites for hydroxylation is 1. The van der Waals surface area contributed by atoms with Crippen LogP contribution in [0.3, 0.4) is 0 Å². The van der Waals surface area contributed by atoms with Crippen molar-refractivity contribution in [2.75, 3.05) is 18.0 Å². The Hall–Kier alpha value is -1.23. The number of aromatic nitrogens is 2. The minimum atomic E-state index is 0.401. The fourth-order valence-corrected chi connectivity index (χ4v) is 2.22. The molecule has 1 aromatic rings. The summed E-state index contributed by atoms with van der Waals surface area (Å²) in [6.45, 7) is 10.1. The molecular formula is C13H22N4S. The van der Waals surface area contributed by atoms with Gasteiger partial charge in [-0.1, -0.05) is 26.1 Å². The van der Waals surface area contributed by atoms with Gasteiger partial charge in [-0.2, -0.15) is 5.10 Å². The molecule has 18 heavy (non-hydrogen) atoms. The van der Waals surface area contributed by atoms with Crippen LogP contribution >= 0.6 is 12.2 Å². The molecule has 1 heterocycles. The summed E-state index contributed by atoms with van der Waals surface area (Å²) in [7, 11) is 0.